The third kappa shape index (κ3) is 4.80. The first-order chi connectivity index (χ1) is 19.0. The van der Waals surface area contributed by atoms with E-state index in [4.69, 9.17) is 11.1 Å². The average molecular weight is 565 g/mol. The lowest BCUT2D eigenvalue weighted by atomic mass is 9.98. The van der Waals surface area contributed by atoms with Crippen molar-refractivity contribution in [3.8, 4) is 11.1 Å². The Morgan fingerprint density at radius 3 is 2.50 bits per heavy atom. The van der Waals surface area contributed by atoms with Crippen LogP contribution in [0.4, 0.5) is 24.5 Å². The van der Waals surface area contributed by atoms with Crippen molar-refractivity contribution in [2.45, 2.75) is 11.8 Å². The maximum Gasteiger partial charge on any atom is 0.262 e. The van der Waals surface area contributed by atoms with Crippen LogP contribution in [0, 0.1) is 17.5 Å². The Hall–Kier alpha value is -4.97. The Kier molecular flexibility index (Phi) is 6.64. The maximum atomic E-state index is 15.5. The van der Waals surface area contributed by atoms with E-state index in [0.29, 0.717) is 28.1 Å². The molecule has 6 N–H and O–H groups in total. The number of nitrogen functional groups attached to an aromatic ring is 1. The van der Waals surface area contributed by atoms with E-state index in [-0.39, 0.29) is 16.6 Å². The number of nitrogens with one attached hydrogen (secondary N) is 2. The molecule has 0 aliphatic heterocycles. The first-order valence-corrected chi connectivity index (χ1v) is 13.2. The van der Waals surface area contributed by atoms with Crippen LogP contribution in [0.25, 0.3) is 22.2 Å². The molecule has 0 saturated heterocycles. The second-order valence-corrected chi connectivity index (χ2v) is 10.7. The highest BCUT2D eigenvalue weighted by Crippen LogP contribution is 2.31. The first kappa shape index (κ1) is 26.6. The zero-order chi connectivity index (χ0) is 28.8. The molecule has 0 radical (unpaired) electrons. The molecule has 0 aliphatic rings. The molecule has 0 saturated carbocycles. The number of nitrogens with zero attached hydrogens (tertiary/aromatic N) is 1. The monoisotopic (exact) mass is 564 g/mol. The maximum absolute atomic E-state index is 15.5. The number of rotatable bonds is 7. The molecule has 0 aliphatic carbocycles. The minimum absolute atomic E-state index is 0.0930. The van der Waals surface area contributed by atoms with Crippen molar-refractivity contribution >= 4 is 43.9 Å². The van der Waals surface area contributed by atoms with Crippen LogP contribution in [0.1, 0.15) is 28.4 Å². The van der Waals surface area contributed by atoms with Gasteiger partial charge in [0.25, 0.3) is 10.0 Å². The molecule has 202 valence electrons. The minimum atomic E-state index is -4.45. The second kappa shape index (κ2) is 9.97. The van der Waals surface area contributed by atoms with Gasteiger partial charge in [0.2, 0.25) is 5.78 Å². The molecule has 0 spiro atoms. The number of hydrogen-bond donors (Lipinski definition) is 4. The summed E-state index contributed by atoms with van der Waals surface area (Å²) in [6.07, 6.45) is 2.82. The number of carbonyl (C=O) groups is 1. The molecule has 0 unspecified atom stereocenters. The summed E-state index contributed by atoms with van der Waals surface area (Å²) < 4.78 is 71.2. The van der Waals surface area contributed by atoms with Crippen LogP contribution in [0.3, 0.4) is 0 Å². The van der Waals surface area contributed by atoms with E-state index in [9.17, 15) is 22.0 Å². The van der Waals surface area contributed by atoms with E-state index < -0.39 is 49.4 Å². The molecule has 0 atom stereocenters. The van der Waals surface area contributed by atoms with Crippen LogP contribution < -0.4 is 15.9 Å². The standard InChI is InChI=1S/C28H20F3N5O3S/c1-14(32)19-9-15(5-7-23(19)33)16-10-20-21(13-35-28(20)34-12-16)27(37)25-22(30)6-8-24(26(25)31)36-40(38,39)18-4-2-3-17(29)11-18/h2-13,32,36H,33H2,1H3,(H,34,35)/p+1. The van der Waals surface area contributed by atoms with Gasteiger partial charge < -0.3 is 10.7 Å². The highest BCUT2D eigenvalue weighted by Gasteiger charge is 2.27. The number of aromatic nitrogens is 2. The van der Waals surface area contributed by atoms with Crippen LogP contribution in [0.2, 0.25) is 0 Å². The highest BCUT2D eigenvalue weighted by atomic mass is 32.2. The third-order valence-electron chi connectivity index (χ3n) is 6.26. The fraction of sp³-hybridized carbons (Fsp3) is 0.0357. The minimum Gasteiger partial charge on any atom is -0.398 e. The van der Waals surface area contributed by atoms with Gasteiger partial charge in [0.05, 0.1) is 21.7 Å². The summed E-state index contributed by atoms with van der Waals surface area (Å²) in [6.45, 7) is 1.70. The van der Waals surface area contributed by atoms with Crippen molar-refractivity contribution in [1.82, 2.24) is 9.97 Å². The van der Waals surface area contributed by atoms with Crippen LogP contribution in [0.5, 0.6) is 0 Å². The van der Waals surface area contributed by atoms with Gasteiger partial charge in [-0.1, -0.05) is 12.1 Å². The van der Waals surface area contributed by atoms with Crippen molar-refractivity contribution in [3.63, 3.8) is 0 Å². The zero-order valence-electron chi connectivity index (χ0n) is 20.8. The normalized spacial score (nSPS) is 11.5. The molecule has 0 fully saturated rings. The van der Waals surface area contributed by atoms with Crippen molar-refractivity contribution < 1.29 is 31.8 Å². The number of benzene rings is 3. The molecule has 40 heavy (non-hydrogen) atoms. The Balaban J connectivity index is 1.55. The van der Waals surface area contributed by atoms with Crippen molar-refractivity contribution in [2.24, 2.45) is 0 Å². The van der Waals surface area contributed by atoms with Gasteiger partial charge in [-0.25, -0.2) is 26.6 Å². The van der Waals surface area contributed by atoms with Gasteiger partial charge in [0.1, 0.15) is 17.3 Å². The van der Waals surface area contributed by atoms with Gasteiger partial charge in [-0.3, -0.25) is 14.9 Å². The van der Waals surface area contributed by atoms with Crippen LogP contribution in [-0.4, -0.2) is 29.9 Å². The largest absolute Gasteiger partial charge is 0.398 e. The van der Waals surface area contributed by atoms with Gasteiger partial charge >= 0.3 is 0 Å². The number of fused-ring (bicyclic) bond motifs is 1. The number of sulfonamides is 1. The molecule has 3 aromatic carbocycles. The summed E-state index contributed by atoms with van der Waals surface area (Å²) in [5, 5.41) is 6.20. The van der Waals surface area contributed by atoms with E-state index >= 15 is 4.39 Å². The number of ketones is 1. The Bertz CT molecular complexity index is 1950. The fourth-order valence-corrected chi connectivity index (χ4v) is 5.33. The van der Waals surface area contributed by atoms with Crippen molar-refractivity contribution in [3.05, 3.63) is 107 Å². The van der Waals surface area contributed by atoms with Crippen molar-refractivity contribution in [2.75, 3.05) is 10.5 Å². The summed E-state index contributed by atoms with van der Waals surface area (Å²) in [5.74, 6) is -4.50. The number of hydrogen-bond acceptors (Lipinski definition) is 5. The van der Waals surface area contributed by atoms with E-state index in [2.05, 4.69) is 9.97 Å². The first-order valence-electron chi connectivity index (χ1n) is 11.7. The van der Waals surface area contributed by atoms with E-state index in [0.717, 1.165) is 30.3 Å². The molecular formula is C28H21F3N5O3S+. The van der Waals surface area contributed by atoms with E-state index in [1.165, 1.54) is 12.3 Å². The quantitative estimate of drug-likeness (QED) is 0.135. The zero-order valence-corrected chi connectivity index (χ0v) is 21.6. The smallest absolute Gasteiger partial charge is 0.262 e. The fourth-order valence-electron chi connectivity index (χ4n) is 4.24. The molecular weight excluding hydrogens is 543 g/mol. The number of nitrogens with two attached hydrogens (primary N) is 2. The Labute approximate surface area is 226 Å². The van der Waals surface area contributed by atoms with Crippen LogP contribution in [-0.2, 0) is 10.0 Å². The highest BCUT2D eigenvalue weighted by molar-refractivity contribution is 7.92. The lowest BCUT2D eigenvalue weighted by Crippen LogP contribution is -2.38. The van der Waals surface area contributed by atoms with Gasteiger partial charge in [-0.2, -0.15) is 0 Å². The lowest BCUT2D eigenvalue weighted by Gasteiger charge is -2.12. The second-order valence-electron chi connectivity index (χ2n) is 8.98. The molecule has 0 amide bonds. The summed E-state index contributed by atoms with van der Waals surface area (Å²) in [6, 6.07) is 12.5. The Morgan fingerprint density at radius 1 is 1.00 bits per heavy atom. The van der Waals surface area contributed by atoms with E-state index in [1.54, 1.807) is 37.4 Å². The number of pyridine rings is 1. The van der Waals surface area contributed by atoms with Gasteiger partial charge in [-0.15, -0.1) is 0 Å². The molecule has 2 aromatic heterocycles. The number of H-pyrrole nitrogens is 1. The summed E-state index contributed by atoms with van der Waals surface area (Å²) >= 11 is 0. The summed E-state index contributed by atoms with van der Waals surface area (Å²) in [7, 11) is -4.45. The van der Waals surface area contributed by atoms with Gasteiger partial charge in [0, 0.05) is 41.5 Å². The number of carbonyl (C=O) groups excluding carboxylic acids is 1. The summed E-state index contributed by atoms with van der Waals surface area (Å²) in [5.41, 5.74) is 7.41. The predicted octanol–water partition coefficient (Wildman–Crippen LogP) is 3.83. The number of anilines is 2. The van der Waals surface area contributed by atoms with Gasteiger partial charge in [0.15, 0.2) is 11.5 Å². The van der Waals surface area contributed by atoms with Gasteiger partial charge in [-0.05, 0) is 54.1 Å². The molecule has 12 heteroatoms. The number of aromatic amines is 1. The molecule has 5 rings (SSSR count). The van der Waals surface area contributed by atoms with Crippen LogP contribution in [0.15, 0.2) is 78.0 Å². The summed E-state index contributed by atoms with van der Waals surface area (Å²) in [4.78, 5) is 20.1. The molecule has 0 bridgehead atoms. The lowest BCUT2D eigenvalue weighted by molar-refractivity contribution is -0.113. The average Bonchev–Trinajstić information content (AvgIpc) is 3.34. The van der Waals surface area contributed by atoms with E-state index in [1.807, 2.05) is 4.72 Å². The Morgan fingerprint density at radius 2 is 1.77 bits per heavy atom. The molecule has 2 heterocycles. The van der Waals surface area contributed by atoms with Crippen LogP contribution >= 0.6 is 0 Å². The predicted molar refractivity (Wildman–Crippen MR) is 145 cm³/mol. The SMILES string of the molecule is CC(=[NH2+])c1cc(-c2cnc3[nH]cc(C(=O)c4c(F)ccc(NS(=O)(=O)c5cccc(F)c5)c4F)c3c2)ccc1N. The molecule has 5 aromatic rings. The number of halogens is 3. The topological polar surface area (TPSA) is 144 Å². The third-order valence-corrected chi connectivity index (χ3v) is 7.62. The molecule has 8 nitrogen and oxygen atoms in total. The van der Waals surface area contributed by atoms with Crippen molar-refractivity contribution in [1.29, 1.82) is 0 Å².